The van der Waals surface area contributed by atoms with Crippen LogP contribution in [0.25, 0.3) is 0 Å². The Bertz CT molecular complexity index is 1270. The van der Waals surface area contributed by atoms with Crippen molar-refractivity contribution in [3.8, 4) is 0 Å². The topological polar surface area (TPSA) is 106 Å². The quantitative estimate of drug-likeness (QED) is 0.211. The maximum absolute atomic E-state index is 13.1. The molecule has 2 aliphatic rings. The molecule has 7 nitrogen and oxygen atoms in total. The average Bonchev–Trinajstić information content (AvgIpc) is 3.25. The second kappa shape index (κ2) is 13.6. The molecule has 3 rings (SSSR count). The molecule has 0 saturated heterocycles. The van der Waals surface area contributed by atoms with Crippen molar-refractivity contribution in [3.63, 3.8) is 0 Å². The van der Waals surface area contributed by atoms with Gasteiger partial charge in [0.2, 0.25) is 11.8 Å². The van der Waals surface area contributed by atoms with Crippen molar-refractivity contribution in [2.75, 3.05) is 6.54 Å². The highest BCUT2D eigenvalue weighted by Crippen LogP contribution is 2.31. The maximum atomic E-state index is 13.1. The number of allylic oxidation sites excluding steroid dienone is 4. The van der Waals surface area contributed by atoms with Gasteiger partial charge < -0.3 is 21.1 Å². The van der Waals surface area contributed by atoms with Crippen LogP contribution < -0.4 is 16.4 Å². The largest absolute Gasteiger partial charge is 0.472 e. The highest BCUT2D eigenvalue weighted by atomic mass is 79.9. The van der Waals surface area contributed by atoms with E-state index in [2.05, 4.69) is 44.7 Å². The number of nitrogens with two attached hydrogens (primary N) is 1. The predicted molar refractivity (Wildman–Crippen MR) is 160 cm³/mol. The number of benzene rings is 1. The standard InChI is InChI=1S/C31H39BrN4O3/c1-18(2)28(36-31(38)25-13-8-7-12-24(25)30(33)37)16-15-19(3)26-17-34-20(4)29(26)35-22(6)39-21(5)23-11-9-10-14-27(23)32/h9-11,14-16,21,24-25,35H,3,6-8,12-13,17H2,1-2,4-5H3,(H2,33,37)(H,36,38)/b16-15-/t21-,24+,25+/m1/s1. The third-order valence-corrected chi connectivity index (χ3v) is 7.89. The number of hydrogen-bond donors (Lipinski definition) is 3. The number of nitrogens with zero attached hydrogens (tertiary/aromatic N) is 1. The minimum Gasteiger partial charge on any atom is -0.472 e. The van der Waals surface area contributed by atoms with Crippen molar-refractivity contribution in [3.05, 3.63) is 93.6 Å². The van der Waals surface area contributed by atoms with Crippen LogP contribution in [0.3, 0.4) is 0 Å². The molecular weight excluding hydrogens is 556 g/mol. The summed E-state index contributed by atoms with van der Waals surface area (Å²) in [5, 5.41) is 6.29. The smallest absolute Gasteiger partial charge is 0.228 e. The number of ether oxygens (including phenoxy) is 1. The van der Waals surface area contributed by atoms with Gasteiger partial charge in [0, 0.05) is 33.1 Å². The van der Waals surface area contributed by atoms with E-state index in [1.54, 1.807) is 0 Å². The molecule has 0 unspecified atom stereocenters. The van der Waals surface area contributed by atoms with Crippen molar-refractivity contribution >= 4 is 33.5 Å². The Kier molecular flexibility index (Phi) is 10.5. The first-order valence-electron chi connectivity index (χ1n) is 13.3. The van der Waals surface area contributed by atoms with Gasteiger partial charge in [0.15, 0.2) is 5.88 Å². The summed E-state index contributed by atoms with van der Waals surface area (Å²) in [6.07, 6.45) is 6.65. The van der Waals surface area contributed by atoms with E-state index in [0.29, 0.717) is 31.0 Å². The van der Waals surface area contributed by atoms with E-state index < -0.39 is 17.7 Å². The molecule has 1 aliphatic carbocycles. The molecule has 0 aromatic heterocycles. The zero-order valence-corrected chi connectivity index (χ0v) is 24.9. The molecule has 1 heterocycles. The second-order valence-corrected chi connectivity index (χ2v) is 11.1. The van der Waals surface area contributed by atoms with E-state index in [1.807, 2.05) is 64.1 Å². The Morgan fingerprint density at radius 1 is 1.15 bits per heavy atom. The molecule has 0 spiro atoms. The summed E-state index contributed by atoms with van der Waals surface area (Å²) in [5.41, 5.74) is 11.5. The third kappa shape index (κ3) is 7.82. The summed E-state index contributed by atoms with van der Waals surface area (Å²) < 4.78 is 7.02. The highest BCUT2D eigenvalue weighted by Gasteiger charge is 2.34. The van der Waals surface area contributed by atoms with E-state index in [9.17, 15) is 9.59 Å². The van der Waals surface area contributed by atoms with Crippen LogP contribution in [0, 0.1) is 11.8 Å². The van der Waals surface area contributed by atoms with Crippen LogP contribution in [0.4, 0.5) is 0 Å². The van der Waals surface area contributed by atoms with Crippen LogP contribution in [0.5, 0.6) is 0 Å². The van der Waals surface area contributed by atoms with Crippen LogP contribution >= 0.6 is 15.9 Å². The zero-order valence-electron chi connectivity index (χ0n) is 23.3. The fourth-order valence-corrected chi connectivity index (χ4v) is 5.49. The van der Waals surface area contributed by atoms with Crippen molar-refractivity contribution in [1.82, 2.24) is 10.6 Å². The zero-order chi connectivity index (χ0) is 28.7. The van der Waals surface area contributed by atoms with Crippen LogP contribution in [0.2, 0.25) is 0 Å². The molecule has 1 fully saturated rings. The maximum Gasteiger partial charge on any atom is 0.228 e. The van der Waals surface area contributed by atoms with Crippen molar-refractivity contribution in [2.45, 2.75) is 59.5 Å². The van der Waals surface area contributed by atoms with Gasteiger partial charge in [-0.15, -0.1) is 0 Å². The molecule has 0 bridgehead atoms. The molecule has 39 heavy (non-hydrogen) atoms. The number of amides is 2. The number of hydrogen-bond acceptors (Lipinski definition) is 5. The fourth-order valence-electron chi connectivity index (χ4n) is 4.88. The lowest BCUT2D eigenvalue weighted by molar-refractivity contribution is -0.134. The number of carbonyl (C=O) groups excluding carboxylic acids is 2. The Morgan fingerprint density at radius 2 is 1.82 bits per heavy atom. The first kappa shape index (κ1) is 30.2. The Balaban J connectivity index is 1.70. The number of nitrogens with one attached hydrogen (secondary N) is 2. The molecule has 4 N–H and O–H groups in total. The Hall–Kier alpha value is -3.39. The summed E-state index contributed by atoms with van der Waals surface area (Å²) in [4.78, 5) is 29.6. The van der Waals surface area contributed by atoms with Crippen LogP contribution in [-0.4, -0.2) is 24.1 Å². The molecule has 2 amide bonds. The molecule has 1 aliphatic heterocycles. The minimum absolute atomic E-state index is 0.167. The third-order valence-electron chi connectivity index (χ3n) is 7.17. The van der Waals surface area contributed by atoms with Crippen molar-refractivity contribution in [1.29, 1.82) is 0 Å². The van der Waals surface area contributed by atoms with Crippen LogP contribution in [0.1, 0.15) is 65.0 Å². The van der Waals surface area contributed by atoms with Gasteiger partial charge >= 0.3 is 0 Å². The highest BCUT2D eigenvalue weighted by molar-refractivity contribution is 9.10. The van der Waals surface area contributed by atoms with Gasteiger partial charge in [0.25, 0.3) is 0 Å². The molecule has 1 aromatic rings. The van der Waals surface area contributed by atoms with Gasteiger partial charge in [-0.05, 0) is 64.8 Å². The van der Waals surface area contributed by atoms with Gasteiger partial charge in [-0.25, -0.2) is 0 Å². The first-order chi connectivity index (χ1) is 18.5. The average molecular weight is 596 g/mol. The van der Waals surface area contributed by atoms with Crippen LogP contribution in [-0.2, 0) is 14.3 Å². The Labute approximate surface area is 240 Å². The summed E-state index contributed by atoms with van der Waals surface area (Å²) >= 11 is 3.57. The second-order valence-electron chi connectivity index (χ2n) is 10.2. The van der Waals surface area contributed by atoms with Crippen molar-refractivity contribution in [2.24, 2.45) is 22.6 Å². The first-order valence-corrected chi connectivity index (χ1v) is 14.1. The monoisotopic (exact) mass is 594 g/mol. The Morgan fingerprint density at radius 3 is 2.46 bits per heavy atom. The van der Waals surface area contributed by atoms with E-state index in [1.165, 1.54) is 0 Å². The lowest BCUT2D eigenvalue weighted by Crippen LogP contribution is -2.41. The molecule has 1 aromatic carbocycles. The van der Waals surface area contributed by atoms with E-state index >= 15 is 0 Å². The predicted octanol–water partition coefficient (Wildman–Crippen LogP) is 6.13. The number of primary amides is 1. The normalized spacial score (nSPS) is 19.8. The van der Waals surface area contributed by atoms with Gasteiger partial charge in [0.1, 0.15) is 6.10 Å². The van der Waals surface area contributed by atoms with E-state index in [-0.39, 0.29) is 12.0 Å². The van der Waals surface area contributed by atoms with Crippen molar-refractivity contribution < 1.29 is 14.3 Å². The fraction of sp³-hybridized carbons (Fsp3) is 0.387. The molecule has 1 saturated carbocycles. The van der Waals surface area contributed by atoms with Gasteiger partial charge in [-0.1, -0.05) is 65.2 Å². The summed E-state index contributed by atoms with van der Waals surface area (Å²) in [6.45, 7) is 16.5. The lowest BCUT2D eigenvalue weighted by atomic mass is 9.78. The molecule has 208 valence electrons. The number of rotatable bonds is 11. The summed E-state index contributed by atoms with van der Waals surface area (Å²) in [6, 6.07) is 7.91. The number of aliphatic imine (C=N–C) groups is 1. The van der Waals surface area contributed by atoms with Crippen LogP contribution in [0.15, 0.2) is 93.0 Å². The van der Waals surface area contributed by atoms with Gasteiger partial charge in [-0.3, -0.25) is 14.6 Å². The summed E-state index contributed by atoms with van der Waals surface area (Å²) in [5.74, 6) is -0.990. The van der Waals surface area contributed by atoms with E-state index in [0.717, 1.165) is 51.0 Å². The molecule has 3 atom stereocenters. The molecule has 0 radical (unpaired) electrons. The number of halogens is 1. The lowest BCUT2D eigenvalue weighted by Gasteiger charge is -2.28. The van der Waals surface area contributed by atoms with E-state index in [4.69, 9.17) is 10.5 Å². The van der Waals surface area contributed by atoms with Gasteiger partial charge in [0.05, 0.1) is 18.0 Å². The molecule has 8 heteroatoms. The number of carbonyl (C=O) groups is 2. The minimum atomic E-state index is -0.422. The summed E-state index contributed by atoms with van der Waals surface area (Å²) in [7, 11) is 0. The molecular formula is C31H39BrN4O3. The SMILES string of the molecule is C=C(NC1=C(C(=C)/C=C\C(NC(=O)[C@H]2CCCC[C@@H]2C(N)=O)=C(C)C)CN=C1C)O[C@H](C)c1ccccc1Br. The van der Waals surface area contributed by atoms with Gasteiger partial charge in [-0.2, -0.15) is 0 Å².